The number of rotatable bonds is 2. The fraction of sp³-hybridized carbons (Fsp3) is 0.286. The molecule has 1 heterocycles. The molecule has 122 valence electrons. The first-order valence-electron chi connectivity index (χ1n) is 7.97. The lowest BCUT2D eigenvalue weighted by atomic mass is 9.79. The minimum absolute atomic E-state index is 0.131. The molecule has 0 saturated carbocycles. The highest BCUT2D eigenvalue weighted by molar-refractivity contribution is 8.00. The maximum Gasteiger partial charge on any atom is 0.336 e. The molecular weight excluding hydrogens is 316 g/mol. The van der Waals surface area contributed by atoms with Gasteiger partial charge in [0.1, 0.15) is 0 Å². The van der Waals surface area contributed by atoms with Crippen LogP contribution in [0.3, 0.4) is 0 Å². The van der Waals surface area contributed by atoms with Crippen LogP contribution in [0.1, 0.15) is 48.7 Å². The van der Waals surface area contributed by atoms with Gasteiger partial charge in [-0.2, -0.15) is 0 Å². The highest BCUT2D eigenvalue weighted by Crippen LogP contribution is 2.46. The maximum atomic E-state index is 11.2. The van der Waals surface area contributed by atoms with Crippen LogP contribution in [0.25, 0.3) is 11.1 Å². The molecule has 0 aromatic heterocycles. The van der Waals surface area contributed by atoms with Gasteiger partial charge in [-0.1, -0.05) is 38.8 Å². The standard InChI is InChI=1S/C21H20O2S/c1-5-14-10-15(6-8-17(14)20(22)23)16-7-9-19-18(11-16)21(3,4)12-13(2)24-19/h1,6-11,13H,12H2,2-4H3,(H,22,23). The fourth-order valence-electron chi connectivity index (χ4n) is 3.46. The van der Waals surface area contributed by atoms with Crippen molar-refractivity contribution in [1.82, 2.24) is 0 Å². The number of benzene rings is 2. The maximum absolute atomic E-state index is 11.2. The van der Waals surface area contributed by atoms with Gasteiger partial charge in [0.25, 0.3) is 0 Å². The molecular formula is C21H20O2S. The van der Waals surface area contributed by atoms with Crippen molar-refractivity contribution >= 4 is 17.7 Å². The smallest absolute Gasteiger partial charge is 0.336 e. The Morgan fingerprint density at radius 2 is 1.92 bits per heavy atom. The van der Waals surface area contributed by atoms with Crippen LogP contribution in [-0.4, -0.2) is 16.3 Å². The van der Waals surface area contributed by atoms with E-state index in [0.29, 0.717) is 10.8 Å². The van der Waals surface area contributed by atoms with Crippen molar-refractivity contribution in [3.8, 4) is 23.5 Å². The van der Waals surface area contributed by atoms with Crippen LogP contribution in [0.15, 0.2) is 41.3 Å². The summed E-state index contributed by atoms with van der Waals surface area (Å²) in [6.45, 7) is 6.84. The monoisotopic (exact) mass is 336 g/mol. The number of terminal acetylenes is 1. The van der Waals surface area contributed by atoms with Crippen molar-refractivity contribution in [3.05, 3.63) is 53.1 Å². The van der Waals surface area contributed by atoms with Crippen LogP contribution in [0.4, 0.5) is 0 Å². The molecule has 0 spiro atoms. The first-order valence-corrected chi connectivity index (χ1v) is 8.85. The van der Waals surface area contributed by atoms with Gasteiger partial charge in [0.05, 0.1) is 5.56 Å². The summed E-state index contributed by atoms with van der Waals surface area (Å²) in [6.07, 6.45) is 6.63. The SMILES string of the molecule is C#Cc1cc(-c2ccc3c(c2)C(C)(C)CC(C)S3)ccc1C(=O)O. The van der Waals surface area contributed by atoms with Crippen molar-refractivity contribution in [2.45, 2.75) is 42.8 Å². The molecule has 1 unspecified atom stereocenters. The normalized spacial score (nSPS) is 18.5. The largest absolute Gasteiger partial charge is 0.478 e. The number of carboxylic acids is 1. The Labute approximate surface area is 147 Å². The van der Waals surface area contributed by atoms with Crippen molar-refractivity contribution in [2.75, 3.05) is 0 Å². The predicted octanol–water partition coefficient (Wildman–Crippen LogP) is 5.20. The molecule has 0 saturated heterocycles. The summed E-state index contributed by atoms with van der Waals surface area (Å²) < 4.78 is 0. The zero-order valence-corrected chi connectivity index (χ0v) is 14.9. The van der Waals surface area contributed by atoms with Crippen molar-refractivity contribution in [1.29, 1.82) is 0 Å². The summed E-state index contributed by atoms with van der Waals surface area (Å²) in [5.74, 6) is 1.49. The van der Waals surface area contributed by atoms with Crippen LogP contribution >= 0.6 is 11.8 Å². The number of carbonyl (C=O) groups is 1. The van der Waals surface area contributed by atoms with E-state index in [0.717, 1.165) is 17.5 Å². The number of thioether (sulfide) groups is 1. The Kier molecular flexibility index (Phi) is 4.19. The summed E-state index contributed by atoms with van der Waals surface area (Å²) in [6, 6.07) is 11.7. The third-order valence-electron chi connectivity index (χ3n) is 4.57. The van der Waals surface area contributed by atoms with Gasteiger partial charge in [0, 0.05) is 15.7 Å². The van der Waals surface area contributed by atoms with E-state index < -0.39 is 5.97 Å². The lowest BCUT2D eigenvalue weighted by Crippen LogP contribution is -2.26. The Morgan fingerprint density at radius 1 is 1.25 bits per heavy atom. The summed E-state index contributed by atoms with van der Waals surface area (Å²) in [4.78, 5) is 12.6. The second-order valence-corrected chi connectivity index (χ2v) is 8.42. The molecule has 1 N–H and O–H groups in total. The summed E-state index contributed by atoms with van der Waals surface area (Å²) >= 11 is 1.92. The Morgan fingerprint density at radius 3 is 2.58 bits per heavy atom. The number of hydrogen-bond acceptors (Lipinski definition) is 2. The molecule has 0 amide bonds. The molecule has 3 rings (SSSR count). The average molecular weight is 336 g/mol. The Hall–Kier alpha value is -2.18. The van der Waals surface area contributed by atoms with E-state index in [2.05, 4.69) is 44.9 Å². The quantitative estimate of drug-likeness (QED) is 0.766. The van der Waals surface area contributed by atoms with Crippen LogP contribution in [0.2, 0.25) is 0 Å². The predicted molar refractivity (Wildman–Crippen MR) is 99.7 cm³/mol. The molecule has 3 heteroatoms. The minimum Gasteiger partial charge on any atom is -0.478 e. The fourth-order valence-corrected chi connectivity index (χ4v) is 5.00. The molecule has 1 aliphatic rings. The molecule has 0 bridgehead atoms. The van der Waals surface area contributed by atoms with Gasteiger partial charge in [-0.05, 0) is 52.8 Å². The number of fused-ring (bicyclic) bond motifs is 1. The second kappa shape index (κ2) is 6.03. The third kappa shape index (κ3) is 2.95. The van der Waals surface area contributed by atoms with Crippen LogP contribution in [0, 0.1) is 12.3 Å². The Bertz CT molecular complexity index is 859. The van der Waals surface area contributed by atoms with E-state index in [-0.39, 0.29) is 11.0 Å². The summed E-state index contributed by atoms with van der Waals surface area (Å²) in [5, 5.41) is 9.82. The van der Waals surface area contributed by atoms with Crippen LogP contribution < -0.4 is 0 Å². The van der Waals surface area contributed by atoms with Gasteiger partial charge < -0.3 is 5.11 Å². The molecule has 2 aromatic rings. The van der Waals surface area contributed by atoms with Crippen molar-refractivity contribution < 1.29 is 9.90 Å². The van der Waals surface area contributed by atoms with E-state index in [1.54, 1.807) is 12.1 Å². The van der Waals surface area contributed by atoms with Gasteiger partial charge >= 0.3 is 5.97 Å². The lowest BCUT2D eigenvalue weighted by Gasteiger charge is -2.36. The summed E-state index contributed by atoms with van der Waals surface area (Å²) in [7, 11) is 0. The highest BCUT2D eigenvalue weighted by atomic mass is 32.2. The van der Waals surface area contributed by atoms with E-state index >= 15 is 0 Å². The van der Waals surface area contributed by atoms with E-state index in [9.17, 15) is 9.90 Å². The number of aromatic carboxylic acids is 1. The van der Waals surface area contributed by atoms with E-state index in [1.165, 1.54) is 10.5 Å². The number of hydrogen-bond donors (Lipinski definition) is 1. The number of carboxylic acid groups (broad SMARTS) is 1. The third-order valence-corrected chi connectivity index (χ3v) is 5.75. The average Bonchev–Trinajstić information content (AvgIpc) is 2.53. The molecule has 1 aliphatic heterocycles. The zero-order valence-electron chi connectivity index (χ0n) is 14.1. The van der Waals surface area contributed by atoms with Gasteiger partial charge in [0.2, 0.25) is 0 Å². The van der Waals surface area contributed by atoms with E-state index in [1.807, 2.05) is 17.8 Å². The molecule has 2 nitrogen and oxygen atoms in total. The summed E-state index contributed by atoms with van der Waals surface area (Å²) in [5.41, 5.74) is 4.10. The van der Waals surface area contributed by atoms with Crippen LogP contribution in [0.5, 0.6) is 0 Å². The first kappa shape index (κ1) is 16.7. The zero-order chi connectivity index (χ0) is 17.5. The molecule has 2 aromatic carbocycles. The molecule has 24 heavy (non-hydrogen) atoms. The first-order chi connectivity index (χ1) is 11.3. The van der Waals surface area contributed by atoms with Gasteiger partial charge in [-0.15, -0.1) is 18.2 Å². The highest BCUT2D eigenvalue weighted by Gasteiger charge is 2.31. The van der Waals surface area contributed by atoms with Gasteiger partial charge in [-0.3, -0.25) is 0 Å². The minimum atomic E-state index is -0.994. The molecule has 1 atom stereocenters. The molecule has 0 aliphatic carbocycles. The van der Waals surface area contributed by atoms with Crippen LogP contribution in [-0.2, 0) is 5.41 Å². The van der Waals surface area contributed by atoms with Crippen molar-refractivity contribution in [2.24, 2.45) is 0 Å². The van der Waals surface area contributed by atoms with E-state index in [4.69, 9.17) is 6.42 Å². The van der Waals surface area contributed by atoms with Gasteiger partial charge in [-0.25, -0.2) is 4.79 Å². The second-order valence-electron chi connectivity index (χ2n) is 6.94. The molecule has 0 radical (unpaired) electrons. The van der Waals surface area contributed by atoms with Gasteiger partial charge in [0.15, 0.2) is 0 Å². The van der Waals surface area contributed by atoms with Crippen molar-refractivity contribution in [3.63, 3.8) is 0 Å². The Balaban J connectivity index is 2.09. The lowest BCUT2D eigenvalue weighted by molar-refractivity contribution is 0.0696. The molecule has 0 fully saturated rings. The topological polar surface area (TPSA) is 37.3 Å².